The topological polar surface area (TPSA) is 54.2 Å². The van der Waals surface area contributed by atoms with Gasteiger partial charge in [-0.25, -0.2) is 0 Å². The molecule has 1 aliphatic rings. The molecule has 0 bridgehead atoms. The summed E-state index contributed by atoms with van der Waals surface area (Å²) >= 11 is 7.87. The van der Waals surface area contributed by atoms with Crippen molar-refractivity contribution in [2.75, 3.05) is 32.4 Å². The Labute approximate surface area is 151 Å². The first-order valence-corrected chi connectivity index (χ1v) is 8.72. The van der Waals surface area contributed by atoms with E-state index in [0.29, 0.717) is 10.9 Å². The number of aromatic nitrogens is 2. The maximum Gasteiger partial charge on any atom is 0.259 e. The third-order valence-electron chi connectivity index (χ3n) is 3.72. The Morgan fingerprint density at radius 3 is 3.04 bits per heavy atom. The normalized spacial score (nSPS) is 18.7. The fourth-order valence-corrected chi connectivity index (χ4v) is 3.47. The fraction of sp³-hybridized carbons (Fsp3) is 0.467. The number of hydrogen-bond acceptors (Lipinski definition) is 6. The molecular formula is C15H20Cl2N4OS. The van der Waals surface area contributed by atoms with Gasteiger partial charge in [-0.05, 0) is 31.0 Å². The molecule has 0 aliphatic carbocycles. The van der Waals surface area contributed by atoms with Gasteiger partial charge in [-0.2, -0.15) is 4.98 Å². The molecule has 1 unspecified atom stereocenters. The molecule has 1 aromatic heterocycles. The van der Waals surface area contributed by atoms with Crippen molar-refractivity contribution in [3.8, 4) is 11.5 Å². The van der Waals surface area contributed by atoms with Gasteiger partial charge in [0.25, 0.3) is 5.89 Å². The Balaban J connectivity index is 0.00000192. The number of halogens is 2. The number of likely N-dealkylation sites (N-methyl/N-ethyl adjacent to an activating group) is 1. The summed E-state index contributed by atoms with van der Waals surface area (Å²) in [5, 5.41) is 8.22. The van der Waals surface area contributed by atoms with Crippen molar-refractivity contribution in [2.45, 2.75) is 17.9 Å². The van der Waals surface area contributed by atoms with Crippen molar-refractivity contribution in [1.82, 2.24) is 20.4 Å². The molecule has 2 heterocycles. The van der Waals surface area contributed by atoms with Crippen LogP contribution in [0.5, 0.6) is 0 Å². The maximum absolute atomic E-state index is 6.13. The molecule has 0 amide bonds. The first-order valence-electron chi connectivity index (χ1n) is 7.36. The third kappa shape index (κ3) is 4.19. The van der Waals surface area contributed by atoms with Gasteiger partial charge in [0.1, 0.15) is 0 Å². The summed E-state index contributed by atoms with van der Waals surface area (Å²) in [4.78, 5) is 7.96. The summed E-state index contributed by atoms with van der Waals surface area (Å²) in [5.74, 6) is 2.23. The molecule has 2 aromatic rings. The monoisotopic (exact) mass is 374 g/mol. The minimum absolute atomic E-state index is 0. The summed E-state index contributed by atoms with van der Waals surface area (Å²) in [6, 6.07) is 5.93. The van der Waals surface area contributed by atoms with Crippen LogP contribution in [0.15, 0.2) is 27.6 Å². The lowest BCUT2D eigenvalue weighted by atomic mass is 10.2. The molecule has 1 atom stereocenters. The molecule has 1 fully saturated rings. The maximum atomic E-state index is 6.13. The van der Waals surface area contributed by atoms with E-state index in [2.05, 4.69) is 34.3 Å². The number of nitrogens with one attached hydrogen (secondary N) is 1. The summed E-state index contributed by atoms with van der Waals surface area (Å²) in [7, 11) is 2.08. The van der Waals surface area contributed by atoms with E-state index in [9.17, 15) is 0 Å². The van der Waals surface area contributed by atoms with Crippen molar-refractivity contribution in [2.24, 2.45) is 0 Å². The summed E-state index contributed by atoms with van der Waals surface area (Å²) in [6.07, 6.45) is 0. The van der Waals surface area contributed by atoms with E-state index in [4.69, 9.17) is 16.1 Å². The SMILES string of the molecule is CCSc1ccc(Cl)cc1-c1nc(C2CNCCN2C)no1.Cl. The zero-order valence-corrected chi connectivity index (χ0v) is 15.5. The summed E-state index contributed by atoms with van der Waals surface area (Å²) < 4.78 is 5.51. The molecule has 8 heteroatoms. The number of benzene rings is 1. The van der Waals surface area contributed by atoms with Crippen LogP contribution in [0.4, 0.5) is 0 Å². The van der Waals surface area contributed by atoms with Gasteiger partial charge in [0.05, 0.1) is 11.6 Å². The zero-order chi connectivity index (χ0) is 15.5. The number of nitrogens with zero attached hydrogens (tertiary/aromatic N) is 3. The van der Waals surface area contributed by atoms with Crippen LogP contribution >= 0.6 is 35.8 Å². The zero-order valence-electron chi connectivity index (χ0n) is 13.1. The van der Waals surface area contributed by atoms with Crippen LogP contribution in [0.3, 0.4) is 0 Å². The molecule has 1 aliphatic heterocycles. The molecule has 23 heavy (non-hydrogen) atoms. The van der Waals surface area contributed by atoms with Gasteiger partial charge >= 0.3 is 0 Å². The fourth-order valence-electron chi connectivity index (χ4n) is 2.52. The van der Waals surface area contributed by atoms with Crippen LogP contribution in [0.1, 0.15) is 18.8 Å². The molecule has 1 aromatic carbocycles. The highest BCUT2D eigenvalue weighted by atomic mass is 35.5. The Hall–Kier alpha value is -0.790. The van der Waals surface area contributed by atoms with Crippen molar-refractivity contribution in [1.29, 1.82) is 0 Å². The van der Waals surface area contributed by atoms with E-state index in [-0.39, 0.29) is 18.4 Å². The second-order valence-corrected chi connectivity index (χ2v) is 6.97. The smallest absolute Gasteiger partial charge is 0.259 e. The molecule has 0 radical (unpaired) electrons. The highest BCUT2D eigenvalue weighted by molar-refractivity contribution is 7.99. The van der Waals surface area contributed by atoms with Gasteiger partial charge < -0.3 is 9.84 Å². The van der Waals surface area contributed by atoms with E-state index in [0.717, 1.165) is 41.7 Å². The van der Waals surface area contributed by atoms with Crippen LogP contribution in [-0.2, 0) is 0 Å². The summed E-state index contributed by atoms with van der Waals surface area (Å²) in [5.41, 5.74) is 0.907. The van der Waals surface area contributed by atoms with Gasteiger partial charge in [0, 0.05) is 29.6 Å². The van der Waals surface area contributed by atoms with E-state index in [1.165, 1.54) is 0 Å². The Morgan fingerprint density at radius 2 is 2.30 bits per heavy atom. The molecule has 5 nitrogen and oxygen atoms in total. The van der Waals surface area contributed by atoms with E-state index < -0.39 is 0 Å². The second-order valence-electron chi connectivity index (χ2n) is 5.23. The summed E-state index contributed by atoms with van der Waals surface area (Å²) in [6.45, 7) is 4.92. The molecule has 1 saturated heterocycles. The van der Waals surface area contributed by atoms with E-state index in [1.807, 2.05) is 18.2 Å². The molecular weight excluding hydrogens is 355 g/mol. The Morgan fingerprint density at radius 1 is 1.48 bits per heavy atom. The second kappa shape index (κ2) is 8.35. The van der Waals surface area contributed by atoms with Crippen molar-refractivity contribution in [3.63, 3.8) is 0 Å². The van der Waals surface area contributed by atoms with Gasteiger partial charge in [0.2, 0.25) is 0 Å². The van der Waals surface area contributed by atoms with Crippen molar-refractivity contribution < 1.29 is 4.52 Å². The van der Waals surface area contributed by atoms with Crippen molar-refractivity contribution in [3.05, 3.63) is 29.0 Å². The molecule has 1 N–H and O–H groups in total. The highest BCUT2D eigenvalue weighted by Crippen LogP contribution is 2.33. The van der Waals surface area contributed by atoms with Crippen LogP contribution in [-0.4, -0.2) is 47.5 Å². The van der Waals surface area contributed by atoms with Gasteiger partial charge in [-0.3, -0.25) is 4.90 Å². The lowest BCUT2D eigenvalue weighted by Crippen LogP contribution is -2.44. The predicted octanol–water partition coefficient (Wildman–Crippen LogP) is 3.50. The number of rotatable bonds is 4. The first-order chi connectivity index (χ1) is 10.7. The Kier molecular flexibility index (Phi) is 6.73. The van der Waals surface area contributed by atoms with Crippen LogP contribution < -0.4 is 5.32 Å². The molecule has 126 valence electrons. The minimum atomic E-state index is 0. The van der Waals surface area contributed by atoms with Gasteiger partial charge in [-0.15, -0.1) is 24.2 Å². The van der Waals surface area contributed by atoms with E-state index >= 15 is 0 Å². The number of thioether (sulfide) groups is 1. The first kappa shape index (κ1) is 18.5. The van der Waals surface area contributed by atoms with Crippen LogP contribution in [0, 0.1) is 0 Å². The highest BCUT2D eigenvalue weighted by Gasteiger charge is 2.26. The quantitative estimate of drug-likeness (QED) is 0.826. The van der Waals surface area contributed by atoms with E-state index in [1.54, 1.807) is 11.8 Å². The lowest BCUT2D eigenvalue weighted by molar-refractivity contribution is 0.190. The number of hydrogen-bond donors (Lipinski definition) is 1. The molecule has 0 saturated carbocycles. The lowest BCUT2D eigenvalue weighted by Gasteiger charge is -2.30. The van der Waals surface area contributed by atoms with Crippen LogP contribution in [0.25, 0.3) is 11.5 Å². The van der Waals surface area contributed by atoms with Crippen LogP contribution in [0.2, 0.25) is 5.02 Å². The average molecular weight is 375 g/mol. The predicted molar refractivity (Wildman–Crippen MR) is 96.6 cm³/mol. The standard InChI is InChI=1S/C15H19ClN4OS.ClH/c1-3-22-13-5-4-10(16)8-11(13)15-18-14(19-21-15)12-9-17-6-7-20(12)2;/h4-5,8,12,17H,3,6-7,9H2,1-2H3;1H. The molecule has 0 spiro atoms. The minimum Gasteiger partial charge on any atom is -0.334 e. The van der Waals surface area contributed by atoms with Gasteiger partial charge in [0.15, 0.2) is 5.82 Å². The molecule has 3 rings (SSSR count). The largest absolute Gasteiger partial charge is 0.334 e. The Bertz CT molecular complexity index is 652. The van der Waals surface area contributed by atoms with Gasteiger partial charge in [-0.1, -0.05) is 23.7 Å². The number of piperazine rings is 1. The third-order valence-corrected chi connectivity index (χ3v) is 4.91. The average Bonchev–Trinajstić information content (AvgIpc) is 2.99. The van der Waals surface area contributed by atoms with Crippen molar-refractivity contribution >= 4 is 35.8 Å².